The van der Waals surface area contributed by atoms with Crippen molar-refractivity contribution in [3.63, 3.8) is 0 Å². The highest BCUT2D eigenvalue weighted by atomic mass is 19.1. The van der Waals surface area contributed by atoms with Gasteiger partial charge in [-0.15, -0.1) is 0 Å². The van der Waals surface area contributed by atoms with Crippen LogP contribution in [0.2, 0.25) is 0 Å². The zero-order valence-electron chi connectivity index (χ0n) is 11.1. The number of carboxylic acids is 1. The van der Waals surface area contributed by atoms with Crippen LogP contribution in [0.3, 0.4) is 0 Å². The van der Waals surface area contributed by atoms with Crippen LogP contribution in [0, 0.1) is 5.82 Å². The Labute approximate surface area is 124 Å². The number of rotatable bonds is 3. The maximum atomic E-state index is 12.9. The minimum Gasteiger partial charge on any atom is -0.493 e. The number of nitrogens with zero attached hydrogens (tertiary/aromatic N) is 3. The summed E-state index contributed by atoms with van der Waals surface area (Å²) < 4.78 is 14.1. The number of aromatic hydroxyl groups is 1. The van der Waals surface area contributed by atoms with E-state index in [9.17, 15) is 14.3 Å². The van der Waals surface area contributed by atoms with E-state index >= 15 is 0 Å². The van der Waals surface area contributed by atoms with E-state index in [-0.39, 0.29) is 23.1 Å². The highest BCUT2D eigenvalue weighted by Crippen LogP contribution is 2.30. The van der Waals surface area contributed by atoms with Crippen LogP contribution >= 0.6 is 0 Å². The first kappa shape index (κ1) is 13.7. The molecule has 0 unspecified atom stereocenters. The van der Waals surface area contributed by atoms with Gasteiger partial charge in [-0.1, -0.05) is 12.1 Å². The molecule has 110 valence electrons. The second-order valence-electron chi connectivity index (χ2n) is 4.51. The van der Waals surface area contributed by atoms with Crippen molar-refractivity contribution in [3.05, 3.63) is 60.2 Å². The van der Waals surface area contributed by atoms with Crippen LogP contribution in [0.5, 0.6) is 5.88 Å². The fourth-order valence-corrected chi connectivity index (χ4v) is 1.98. The molecule has 0 saturated carbocycles. The van der Waals surface area contributed by atoms with Gasteiger partial charge in [0.05, 0.1) is 17.3 Å². The number of carbonyl (C=O) groups is 1. The van der Waals surface area contributed by atoms with Gasteiger partial charge < -0.3 is 10.2 Å². The second-order valence-corrected chi connectivity index (χ2v) is 4.51. The van der Waals surface area contributed by atoms with E-state index in [2.05, 4.69) is 10.1 Å². The van der Waals surface area contributed by atoms with E-state index in [1.165, 1.54) is 53.5 Å². The first-order valence-corrected chi connectivity index (χ1v) is 6.29. The van der Waals surface area contributed by atoms with E-state index in [0.29, 0.717) is 11.1 Å². The number of aromatic nitrogens is 3. The summed E-state index contributed by atoms with van der Waals surface area (Å²) in [5, 5.41) is 23.1. The van der Waals surface area contributed by atoms with E-state index in [1.807, 2.05) is 0 Å². The Hall–Kier alpha value is -3.22. The molecular weight excluding hydrogens is 289 g/mol. The molecule has 7 heteroatoms. The summed E-state index contributed by atoms with van der Waals surface area (Å²) in [7, 11) is 0. The molecule has 0 fully saturated rings. The number of pyridine rings is 1. The van der Waals surface area contributed by atoms with Crippen molar-refractivity contribution in [2.45, 2.75) is 0 Å². The predicted octanol–water partition coefficient (Wildman–Crippen LogP) is 2.48. The Morgan fingerprint density at radius 2 is 1.82 bits per heavy atom. The van der Waals surface area contributed by atoms with Gasteiger partial charge in [0.15, 0.2) is 5.82 Å². The van der Waals surface area contributed by atoms with E-state index < -0.39 is 5.97 Å². The summed E-state index contributed by atoms with van der Waals surface area (Å²) in [5.74, 6) is -1.35. The summed E-state index contributed by atoms with van der Waals surface area (Å²) in [6.07, 6.45) is 2.60. The number of benzene rings is 1. The zero-order valence-corrected chi connectivity index (χ0v) is 11.1. The maximum Gasteiger partial charge on any atom is 0.337 e. The van der Waals surface area contributed by atoms with Crippen molar-refractivity contribution in [2.24, 2.45) is 0 Å². The standard InChI is InChI=1S/C15H10FN3O3/c16-11-4-1-9(2-5-11)12-8-18-19(14(12)20)13-6-3-10(7-17-13)15(21)22/h1-8,20H,(H,21,22). The topological polar surface area (TPSA) is 88.2 Å². The summed E-state index contributed by atoms with van der Waals surface area (Å²) >= 11 is 0. The zero-order chi connectivity index (χ0) is 15.7. The summed E-state index contributed by atoms with van der Waals surface area (Å²) in [6, 6.07) is 8.42. The van der Waals surface area contributed by atoms with Crippen LogP contribution in [0.15, 0.2) is 48.8 Å². The third-order valence-electron chi connectivity index (χ3n) is 3.11. The summed E-state index contributed by atoms with van der Waals surface area (Å²) in [6.45, 7) is 0. The minimum absolute atomic E-state index is 0.0363. The van der Waals surface area contributed by atoms with Gasteiger partial charge in [0, 0.05) is 6.20 Å². The molecule has 6 nitrogen and oxygen atoms in total. The van der Waals surface area contributed by atoms with Crippen LogP contribution in [0.4, 0.5) is 4.39 Å². The van der Waals surface area contributed by atoms with E-state index in [4.69, 9.17) is 5.11 Å². The van der Waals surface area contributed by atoms with Crippen molar-refractivity contribution in [1.82, 2.24) is 14.8 Å². The Morgan fingerprint density at radius 1 is 1.09 bits per heavy atom. The van der Waals surface area contributed by atoms with Gasteiger partial charge in [0.1, 0.15) is 5.82 Å². The molecule has 0 aliphatic carbocycles. The van der Waals surface area contributed by atoms with Crippen molar-refractivity contribution in [1.29, 1.82) is 0 Å². The second kappa shape index (κ2) is 5.28. The number of hydrogen-bond donors (Lipinski definition) is 2. The van der Waals surface area contributed by atoms with Crippen molar-refractivity contribution < 1.29 is 19.4 Å². The third kappa shape index (κ3) is 2.39. The Morgan fingerprint density at radius 3 is 2.41 bits per heavy atom. The van der Waals surface area contributed by atoms with Crippen molar-refractivity contribution in [2.75, 3.05) is 0 Å². The predicted molar refractivity (Wildman–Crippen MR) is 75.4 cm³/mol. The lowest BCUT2D eigenvalue weighted by Gasteiger charge is -2.04. The quantitative estimate of drug-likeness (QED) is 0.775. The van der Waals surface area contributed by atoms with E-state index in [1.54, 1.807) is 0 Å². The van der Waals surface area contributed by atoms with Gasteiger partial charge >= 0.3 is 5.97 Å². The molecule has 0 atom stereocenters. The Balaban J connectivity index is 1.99. The number of halogens is 1. The SMILES string of the molecule is O=C(O)c1ccc(-n2ncc(-c3ccc(F)cc3)c2O)nc1. The fraction of sp³-hybridized carbons (Fsp3) is 0. The fourth-order valence-electron chi connectivity index (χ4n) is 1.98. The summed E-state index contributed by atoms with van der Waals surface area (Å²) in [5.41, 5.74) is 1.06. The van der Waals surface area contributed by atoms with Crippen LogP contribution in [0.1, 0.15) is 10.4 Å². The molecule has 0 amide bonds. The first-order valence-electron chi connectivity index (χ1n) is 6.29. The molecule has 2 N–H and O–H groups in total. The third-order valence-corrected chi connectivity index (χ3v) is 3.11. The van der Waals surface area contributed by atoms with Crippen LogP contribution in [-0.2, 0) is 0 Å². The molecule has 0 saturated heterocycles. The molecular formula is C15H10FN3O3. The van der Waals surface area contributed by atoms with Gasteiger partial charge in [-0.3, -0.25) is 0 Å². The lowest BCUT2D eigenvalue weighted by molar-refractivity contribution is 0.0696. The molecule has 1 aromatic carbocycles. The molecule has 2 heterocycles. The molecule has 3 aromatic rings. The average Bonchev–Trinajstić information content (AvgIpc) is 2.90. The van der Waals surface area contributed by atoms with E-state index in [0.717, 1.165) is 0 Å². The Kier molecular flexibility index (Phi) is 3.30. The molecule has 2 aromatic heterocycles. The maximum absolute atomic E-state index is 12.9. The van der Waals surface area contributed by atoms with Gasteiger partial charge in [0.2, 0.25) is 5.88 Å². The summed E-state index contributed by atoms with van der Waals surface area (Å²) in [4.78, 5) is 14.7. The number of carboxylic acid groups (broad SMARTS) is 1. The number of hydrogen-bond acceptors (Lipinski definition) is 4. The molecule has 0 spiro atoms. The molecule has 3 rings (SSSR count). The number of aromatic carboxylic acids is 1. The molecule has 0 aliphatic rings. The van der Waals surface area contributed by atoms with Crippen molar-refractivity contribution in [3.8, 4) is 22.8 Å². The van der Waals surface area contributed by atoms with Gasteiger partial charge in [-0.05, 0) is 29.8 Å². The molecule has 22 heavy (non-hydrogen) atoms. The highest BCUT2D eigenvalue weighted by molar-refractivity contribution is 5.87. The van der Waals surface area contributed by atoms with Crippen LogP contribution in [0.25, 0.3) is 16.9 Å². The normalized spacial score (nSPS) is 10.6. The van der Waals surface area contributed by atoms with Gasteiger partial charge in [-0.2, -0.15) is 9.78 Å². The monoisotopic (exact) mass is 299 g/mol. The largest absolute Gasteiger partial charge is 0.493 e. The van der Waals surface area contributed by atoms with Gasteiger partial charge in [-0.25, -0.2) is 14.2 Å². The molecule has 0 bridgehead atoms. The highest BCUT2D eigenvalue weighted by Gasteiger charge is 2.14. The molecule has 0 aliphatic heterocycles. The average molecular weight is 299 g/mol. The van der Waals surface area contributed by atoms with Crippen LogP contribution < -0.4 is 0 Å². The first-order chi connectivity index (χ1) is 10.6. The molecule has 0 radical (unpaired) electrons. The van der Waals surface area contributed by atoms with Gasteiger partial charge in [0.25, 0.3) is 0 Å². The lowest BCUT2D eigenvalue weighted by Crippen LogP contribution is -2.02. The van der Waals surface area contributed by atoms with Crippen LogP contribution in [-0.4, -0.2) is 30.9 Å². The lowest BCUT2D eigenvalue weighted by atomic mass is 10.1. The van der Waals surface area contributed by atoms with Crippen molar-refractivity contribution >= 4 is 5.97 Å². The smallest absolute Gasteiger partial charge is 0.337 e. The minimum atomic E-state index is -1.09. The Bertz CT molecular complexity index is 826.